The van der Waals surface area contributed by atoms with E-state index in [9.17, 15) is 4.79 Å². The fourth-order valence-electron chi connectivity index (χ4n) is 2.32. The molecule has 110 valence electrons. The molecule has 1 atom stereocenters. The Morgan fingerprint density at radius 2 is 1.57 bits per heavy atom. The first-order chi connectivity index (χ1) is 10.0. The average Bonchev–Trinajstić information content (AvgIpc) is 2.47. The minimum absolute atomic E-state index is 0.0537. The molecule has 21 heavy (non-hydrogen) atoms. The summed E-state index contributed by atoms with van der Waals surface area (Å²) in [7, 11) is 0. The first-order valence-electron chi connectivity index (χ1n) is 7.14. The van der Waals surface area contributed by atoms with Crippen molar-refractivity contribution in [2.24, 2.45) is 0 Å². The number of nitrogens with one attached hydrogen (secondary N) is 1. The zero-order valence-electron chi connectivity index (χ0n) is 12.6. The molecule has 1 N–H and O–H groups in total. The lowest BCUT2D eigenvalue weighted by Gasteiger charge is -2.19. The van der Waals surface area contributed by atoms with Gasteiger partial charge in [0.2, 0.25) is 0 Å². The summed E-state index contributed by atoms with van der Waals surface area (Å²) in [6.07, 6.45) is 0. The van der Waals surface area contributed by atoms with Gasteiger partial charge in [0, 0.05) is 15.2 Å². The maximum Gasteiger partial charge on any atom is 0.255 e. The van der Waals surface area contributed by atoms with Gasteiger partial charge in [-0.15, -0.1) is 0 Å². The number of hydrogen-bond acceptors (Lipinski definition) is 1. The second-order valence-electron chi connectivity index (χ2n) is 5.40. The van der Waals surface area contributed by atoms with Gasteiger partial charge in [-0.05, 0) is 36.1 Å². The molecule has 0 aromatic heterocycles. The predicted octanol–water partition coefficient (Wildman–Crippen LogP) is 5.56. The molecule has 1 amide bonds. The van der Waals surface area contributed by atoms with Crippen molar-refractivity contribution in [3.63, 3.8) is 0 Å². The van der Waals surface area contributed by atoms with Crippen molar-refractivity contribution >= 4 is 34.2 Å². The predicted molar refractivity (Wildman–Crippen MR) is 97.4 cm³/mol. The summed E-state index contributed by atoms with van der Waals surface area (Å²) in [6, 6.07) is 15.6. The van der Waals surface area contributed by atoms with E-state index in [-0.39, 0.29) is 5.91 Å². The quantitative estimate of drug-likeness (QED) is 0.535. The molecule has 0 bridgehead atoms. The van der Waals surface area contributed by atoms with Gasteiger partial charge >= 0.3 is 0 Å². The molecule has 0 fully saturated rings. The Morgan fingerprint density at radius 3 is 2.14 bits per heavy atom. The molecule has 0 saturated heterocycles. The van der Waals surface area contributed by atoms with E-state index in [0.29, 0.717) is 15.4 Å². The molecule has 1 unspecified atom stereocenters. The first kappa shape index (κ1) is 16.0. The summed E-state index contributed by atoms with van der Waals surface area (Å²) in [5.41, 5.74) is 4.00. The Bertz CT molecular complexity index is 594. The molecule has 2 aromatic rings. The number of benzene rings is 2. The molecule has 0 aliphatic rings. The van der Waals surface area contributed by atoms with Crippen molar-refractivity contribution in [3.05, 3.63) is 65.2 Å². The van der Waals surface area contributed by atoms with E-state index in [4.69, 9.17) is 0 Å². The van der Waals surface area contributed by atoms with Crippen LogP contribution in [0.1, 0.15) is 52.1 Å². The lowest BCUT2D eigenvalue weighted by molar-refractivity contribution is 0.102. The van der Waals surface area contributed by atoms with Gasteiger partial charge in [-0.1, -0.05) is 72.8 Å². The van der Waals surface area contributed by atoms with Gasteiger partial charge in [-0.3, -0.25) is 4.79 Å². The Morgan fingerprint density at radius 1 is 0.952 bits per heavy atom. The van der Waals surface area contributed by atoms with Gasteiger partial charge in [0.15, 0.2) is 0 Å². The number of hydrogen-bond donors (Lipinski definition) is 1. The van der Waals surface area contributed by atoms with Crippen LogP contribution in [0.15, 0.2) is 48.5 Å². The highest BCUT2D eigenvalue weighted by atomic mass is 127. The van der Waals surface area contributed by atoms with E-state index in [1.807, 2.05) is 30.3 Å². The SMILES string of the molecule is CC(C)c1cccc(C(C)I)c1NC(=O)c1ccccc1. The van der Waals surface area contributed by atoms with Gasteiger partial charge < -0.3 is 5.32 Å². The van der Waals surface area contributed by atoms with E-state index in [2.05, 4.69) is 66.9 Å². The van der Waals surface area contributed by atoms with E-state index in [1.54, 1.807) is 0 Å². The molecule has 0 aliphatic carbocycles. The zero-order valence-corrected chi connectivity index (χ0v) is 14.7. The molecular weight excluding hydrogens is 373 g/mol. The molecule has 0 heterocycles. The molecule has 2 rings (SSSR count). The smallest absolute Gasteiger partial charge is 0.255 e. The summed E-state index contributed by atoms with van der Waals surface area (Å²) in [5.74, 6) is 0.313. The zero-order chi connectivity index (χ0) is 15.4. The third kappa shape index (κ3) is 3.84. The van der Waals surface area contributed by atoms with E-state index in [0.717, 1.165) is 5.69 Å². The molecule has 0 saturated carbocycles. The minimum atomic E-state index is -0.0537. The van der Waals surface area contributed by atoms with Gasteiger partial charge in [0.1, 0.15) is 0 Å². The number of alkyl halides is 1. The van der Waals surface area contributed by atoms with Crippen LogP contribution >= 0.6 is 22.6 Å². The molecule has 0 spiro atoms. The monoisotopic (exact) mass is 393 g/mol. The van der Waals surface area contributed by atoms with Crippen molar-refractivity contribution in [3.8, 4) is 0 Å². The Kier molecular flexibility index (Phi) is 5.39. The lowest BCUT2D eigenvalue weighted by atomic mass is 9.96. The van der Waals surface area contributed by atoms with Crippen LogP contribution in [0, 0.1) is 0 Å². The number of halogens is 1. The topological polar surface area (TPSA) is 29.1 Å². The Labute approximate surface area is 140 Å². The van der Waals surface area contributed by atoms with Crippen molar-refractivity contribution in [2.45, 2.75) is 30.6 Å². The van der Waals surface area contributed by atoms with Crippen LogP contribution in [0.25, 0.3) is 0 Å². The number of para-hydroxylation sites is 1. The van der Waals surface area contributed by atoms with Crippen molar-refractivity contribution in [2.75, 3.05) is 5.32 Å². The van der Waals surface area contributed by atoms with Crippen molar-refractivity contribution in [1.82, 2.24) is 0 Å². The molecule has 0 aliphatic heterocycles. The molecule has 0 radical (unpaired) electrons. The second kappa shape index (κ2) is 7.07. The van der Waals surface area contributed by atoms with E-state index >= 15 is 0 Å². The highest BCUT2D eigenvalue weighted by Gasteiger charge is 2.17. The summed E-state index contributed by atoms with van der Waals surface area (Å²) in [5, 5.41) is 3.11. The van der Waals surface area contributed by atoms with Crippen LogP contribution in [-0.2, 0) is 0 Å². The summed E-state index contributed by atoms with van der Waals surface area (Å²) in [6.45, 7) is 6.43. The second-order valence-corrected chi connectivity index (χ2v) is 7.27. The van der Waals surface area contributed by atoms with Gasteiger partial charge in [0.05, 0.1) is 0 Å². The summed E-state index contributed by atoms with van der Waals surface area (Å²) in [4.78, 5) is 12.5. The molecule has 3 heteroatoms. The van der Waals surface area contributed by atoms with E-state index in [1.165, 1.54) is 11.1 Å². The molecular formula is C18H20INO. The highest BCUT2D eigenvalue weighted by Crippen LogP contribution is 2.35. The minimum Gasteiger partial charge on any atom is -0.321 e. The Hall–Kier alpha value is -1.36. The van der Waals surface area contributed by atoms with Crippen molar-refractivity contribution < 1.29 is 4.79 Å². The third-order valence-electron chi connectivity index (χ3n) is 3.45. The molecule has 2 aromatic carbocycles. The fraction of sp³-hybridized carbons (Fsp3) is 0.278. The maximum absolute atomic E-state index is 12.5. The van der Waals surface area contributed by atoms with Gasteiger partial charge in [-0.2, -0.15) is 0 Å². The normalized spacial score (nSPS) is 12.2. The van der Waals surface area contributed by atoms with Crippen LogP contribution in [0.4, 0.5) is 5.69 Å². The average molecular weight is 393 g/mol. The largest absolute Gasteiger partial charge is 0.321 e. The maximum atomic E-state index is 12.5. The van der Waals surface area contributed by atoms with Gasteiger partial charge in [0.25, 0.3) is 5.91 Å². The van der Waals surface area contributed by atoms with Crippen molar-refractivity contribution in [1.29, 1.82) is 0 Å². The number of amides is 1. The first-order valence-corrected chi connectivity index (χ1v) is 8.38. The van der Waals surface area contributed by atoms with Crippen LogP contribution in [0.5, 0.6) is 0 Å². The summed E-state index contributed by atoms with van der Waals surface area (Å²) < 4.78 is 0.340. The summed E-state index contributed by atoms with van der Waals surface area (Å²) >= 11 is 2.38. The van der Waals surface area contributed by atoms with Crippen LogP contribution in [0.3, 0.4) is 0 Å². The third-order valence-corrected chi connectivity index (χ3v) is 4.12. The number of rotatable bonds is 4. The molecule has 2 nitrogen and oxygen atoms in total. The lowest BCUT2D eigenvalue weighted by Crippen LogP contribution is -2.15. The fourth-order valence-corrected chi connectivity index (χ4v) is 2.84. The van der Waals surface area contributed by atoms with Gasteiger partial charge in [-0.25, -0.2) is 0 Å². The number of carbonyl (C=O) groups excluding carboxylic acids is 1. The number of carbonyl (C=O) groups is 1. The standard InChI is InChI=1S/C18H20INO/c1-12(2)15-10-7-11-16(13(3)19)17(15)20-18(21)14-8-5-4-6-9-14/h4-13H,1-3H3,(H,20,21). The number of anilines is 1. The van der Waals surface area contributed by atoms with E-state index < -0.39 is 0 Å². The van der Waals surface area contributed by atoms with Crippen LogP contribution < -0.4 is 5.32 Å². The van der Waals surface area contributed by atoms with Crippen LogP contribution in [0.2, 0.25) is 0 Å². The Balaban J connectivity index is 2.40. The highest BCUT2D eigenvalue weighted by molar-refractivity contribution is 14.1. The van der Waals surface area contributed by atoms with Crippen LogP contribution in [-0.4, -0.2) is 5.91 Å².